The average Bonchev–Trinajstić information content (AvgIpc) is 2.98. The minimum Gasteiger partial charge on any atom is -0.306 e. The Hall–Kier alpha value is -3.72. The first-order valence-electron chi connectivity index (χ1n) is 13.7. The molecular formula is C36H40N2. The molecule has 2 N–H and O–H groups in total. The van der Waals surface area contributed by atoms with E-state index in [1.807, 2.05) is 0 Å². The van der Waals surface area contributed by atoms with Gasteiger partial charge in [0.25, 0.3) is 0 Å². The molecule has 0 fully saturated rings. The molecule has 2 nitrogen and oxygen atoms in total. The van der Waals surface area contributed by atoms with Crippen molar-refractivity contribution in [3.05, 3.63) is 156 Å². The second-order valence-electron chi connectivity index (χ2n) is 9.91. The van der Waals surface area contributed by atoms with E-state index in [1.165, 1.54) is 22.3 Å². The lowest BCUT2D eigenvalue weighted by atomic mass is 9.96. The molecule has 0 spiro atoms. The number of hydrogen-bond donors (Lipinski definition) is 2. The number of nitrogens with one attached hydrogen (secondary N) is 2. The summed E-state index contributed by atoms with van der Waals surface area (Å²) in [7, 11) is 0. The van der Waals surface area contributed by atoms with Crippen molar-refractivity contribution < 1.29 is 0 Å². The van der Waals surface area contributed by atoms with Gasteiger partial charge in [0.1, 0.15) is 0 Å². The van der Waals surface area contributed by atoms with E-state index in [9.17, 15) is 0 Å². The van der Waals surface area contributed by atoms with Gasteiger partial charge in [0, 0.05) is 24.2 Å². The van der Waals surface area contributed by atoms with Crippen LogP contribution < -0.4 is 10.6 Å². The Morgan fingerprint density at radius 3 is 1.13 bits per heavy atom. The van der Waals surface area contributed by atoms with Gasteiger partial charge in [-0.05, 0) is 48.9 Å². The highest BCUT2D eigenvalue weighted by Crippen LogP contribution is 2.20. The Kier molecular flexibility index (Phi) is 10.7. The van der Waals surface area contributed by atoms with E-state index in [-0.39, 0.29) is 24.2 Å². The molecule has 38 heavy (non-hydrogen) atoms. The molecule has 2 heteroatoms. The zero-order chi connectivity index (χ0) is 26.4. The summed E-state index contributed by atoms with van der Waals surface area (Å²) in [5, 5.41) is 7.95. The normalized spacial score (nSPS) is 14.9. The summed E-state index contributed by atoms with van der Waals surface area (Å²) in [6.45, 7) is 4.53. The smallest absolute Gasteiger partial charge is 0.0295 e. The monoisotopic (exact) mass is 500 g/mol. The largest absolute Gasteiger partial charge is 0.306 e. The van der Waals surface area contributed by atoms with Gasteiger partial charge in [-0.2, -0.15) is 0 Å². The van der Waals surface area contributed by atoms with Crippen LogP contribution in [0.1, 0.15) is 61.0 Å². The van der Waals surface area contributed by atoms with Gasteiger partial charge in [0.2, 0.25) is 0 Å². The predicted molar refractivity (Wildman–Crippen MR) is 164 cm³/mol. The first-order valence-corrected chi connectivity index (χ1v) is 13.7. The Morgan fingerprint density at radius 1 is 0.474 bits per heavy atom. The lowest BCUT2D eigenvalue weighted by Crippen LogP contribution is -2.49. The van der Waals surface area contributed by atoms with Crippen LogP contribution in [0.25, 0.3) is 12.2 Å². The highest BCUT2D eigenvalue weighted by Gasteiger charge is 2.23. The van der Waals surface area contributed by atoms with E-state index in [0.29, 0.717) is 0 Å². The summed E-state index contributed by atoms with van der Waals surface area (Å²) >= 11 is 0. The van der Waals surface area contributed by atoms with Crippen molar-refractivity contribution in [2.45, 2.75) is 50.9 Å². The molecule has 4 rings (SSSR count). The van der Waals surface area contributed by atoms with Crippen LogP contribution in [-0.2, 0) is 0 Å². The number of hydrogen-bond acceptors (Lipinski definition) is 2. The topological polar surface area (TPSA) is 24.1 Å². The van der Waals surface area contributed by atoms with Crippen molar-refractivity contribution >= 4 is 12.2 Å². The first-order chi connectivity index (χ1) is 18.7. The van der Waals surface area contributed by atoms with Gasteiger partial charge in [-0.1, -0.05) is 146 Å². The molecule has 0 aliphatic carbocycles. The van der Waals surface area contributed by atoms with Crippen LogP contribution >= 0.6 is 0 Å². The van der Waals surface area contributed by atoms with E-state index >= 15 is 0 Å². The molecule has 0 saturated carbocycles. The first kappa shape index (κ1) is 27.3. The summed E-state index contributed by atoms with van der Waals surface area (Å²) in [5.74, 6) is 0. The van der Waals surface area contributed by atoms with Crippen LogP contribution in [0.15, 0.2) is 133 Å². The molecule has 4 atom stereocenters. The van der Waals surface area contributed by atoms with Gasteiger partial charge >= 0.3 is 0 Å². The maximum absolute atomic E-state index is 3.98. The average molecular weight is 501 g/mol. The fourth-order valence-electron chi connectivity index (χ4n) is 4.84. The van der Waals surface area contributed by atoms with E-state index in [1.54, 1.807) is 0 Å². The Morgan fingerprint density at radius 2 is 0.789 bits per heavy atom. The lowest BCUT2D eigenvalue weighted by molar-refractivity contribution is 0.324. The molecule has 0 saturated heterocycles. The Bertz CT molecular complexity index is 1130. The third-order valence-corrected chi connectivity index (χ3v) is 7.01. The fraction of sp³-hybridized carbons (Fsp3) is 0.222. The maximum atomic E-state index is 3.98. The molecule has 0 unspecified atom stereocenters. The second kappa shape index (κ2) is 14.9. The quantitative estimate of drug-likeness (QED) is 0.192. The molecule has 0 aliphatic rings. The zero-order valence-corrected chi connectivity index (χ0v) is 22.6. The molecular weight excluding hydrogens is 460 g/mol. The summed E-state index contributed by atoms with van der Waals surface area (Å²) in [4.78, 5) is 0. The number of rotatable bonds is 13. The molecule has 0 aromatic heterocycles. The van der Waals surface area contributed by atoms with Gasteiger partial charge in [-0.3, -0.25) is 0 Å². The van der Waals surface area contributed by atoms with Gasteiger partial charge in [-0.25, -0.2) is 0 Å². The van der Waals surface area contributed by atoms with Gasteiger partial charge in [0.15, 0.2) is 0 Å². The molecule has 0 radical (unpaired) electrons. The molecule has 0 aliphatic heterocycles. The minimum atomic E-state index is 0.233. The van der Waals surface area contributed by atoms with Crippen molar-refractivity contribution in [1.82, 2.24) is 10.6 Å². The van der Waals surface area contributed by atoms with Crippen molar-refractivity contribution in [3.8, 4) is 0 Å². The van der Waals surface area contributed by atoms with Crippen molar-refractivity contribution in [3.63, 3.8) is 0 Å². The van der Waals surface area contributed by atoms with E-state index < -0.39 is 0 Å². The van der Waals surface area contributed by atoms with Crippen LogP contribution in [0.5, 0.6) is 0 Å². The lowest BCUT2D eigenvalue weighted by Gasteiger charge is -2.33. The Labute approximate surface area is 229 Å². The van der Waals surface area contributed by atoms with Crippen LogP contribution in [0.2, 0.25) is 0 Å². The Balaban J connectivity index is 1.58. The van der Waals surface area contributed by atoms with Gasteiger partial charge in [0.05, 0.1) is 0 Å². The molecule has 4 aromatic carbocycles. The van der Waals surface area contributed by atoms with Gasteiger partial charge < -0.3 is 10.6 Å². The van der Waals surface area contributed by atoms with Crippen molar-refractivity contribution in [2.24, 2.45) is 0 Å². The fourth-order valence-corrected chi connectivity index (χ4v) is 4.84. The molecule has 0 heterocycles. The second-order valence-corrected chi connectivity index (χ2v) is 9.91. The third kappa shape index (κ3) is 8.69. The third-order valence-electron chi connectivity index (χ3n) is 7.01. The molecule has 4 aromatic rings. The summed E-state index contributed by atoms with van der Waals surface area (Å²) in [6.07, 6.45) is 10.9. The highest BCUT2D eigenvalue weighted by atomic mass is 15.0. The SMILES string of the molecule is C[C@@H](N[C@H](C/C=C/c1ccccc1)[C@@H](C/C=C/c1ccccc1)N[C@H](C)c1ccccc1)c1ccccc1. The standard InChI is InChI=1S/C36H40N2/c1-29(33-23-11-5-12-24-33)37-35(27-15-21-31-17-7-3-8-18-31)36(28-16-22-32-19-9-4-10-20-32)38-30(2)34-25-13-6-14-26-34/h3-26,29-30,35-38H,27-28H2,1-2H3/b21-15+,22-16+/t29-,30-,35-,36-/m1/s1. The van der Waals surface area contributed by atoms with E-state index in [4.69, 9.17) is 0 Å². The summed E-state index contributed by atoms with van der Waals surface area (Å²) < 4.78 is 0. The maximum Gasteiger partial charge on any atom is 0.0295 e. The van der Waals surface area contributed by atoms with Crippen molar-refractivity contribution in [1.29, 1.82) is 0 Å². The van der Waals surface area contributed by atoms with Crippen LogP contribution in [-0.4, -0.2) is 12.1 Å². The molecule has 194 valence electrons. The number of benzene rings is 4. The van der Waals surface area contributed by atoms with Crippen LogP contribution in [0, 0.1) is 0 Å². The van der Waals surface area contributed by atoms with Crippen LogP contribution in [0.3, 0.4) is 0 Å². The van der Waals surface area contributed by atoms with E-state index in [2.05, 4.69) is 170 Å². The molecule has 0 amide bonds. The predicted octanol–water partition coefficient (Wildman–Crippen LogP) is 8.63. The van der Waals surface area contributed by atoms with E-state index in [0.717, 1.165) is 12.8 Å². The zero-order valence-electron chi connectivity index (χ0n) is 22.6. The molecule has 0 bridgehead atoms. The minimum absolute atomic E-state index is 0.233. The highest BCUT2D eigenvalue weighted by molar-refractivity contribution is 5.49. The van der Waals surface area contributed by atoms with Crippen LogP contribution in [0.4, 0.5) is 0 Å². The van der Waals surface area contributed by atoms with Gasteiger partial charge in [-0.15, -0.1) is 0 Å². The van der Waals surface area contributed by atoms with Crippen molar-refractivity contribution in [2.75, 3.05) is 0 Å². The summed E-state index contributed by atoms with van der Waals surface area (Å²) in [5.41, 5.74) is 5.07. The summed E-state index contributed by atoms with van der Waals surface area (Å²) in [6, 6.07) is 43.5.